The summed E-state index contributed by atoms with van der Waals surface area (Å²) in [5, 5.41) is 0.753. The molecule has 3 heteroatoms. The Morgan fingerprint density at radius 1 is 1.47 bits per heavy atom. The van der Waals surface area contributed by atoms with E-state index in [0.29, 0.717) is 6.10 Å². The molecule has 0 saturated carbocycles. The normalized spacial score (nSPS) is 22.9. The van der Waals surface area contributed by atoms with Gasteiger partial charge in [0.1, 0.15) is 0 Å². The van der Waals surface area contributed by atoms with Crippen LogP contribution in [0, 0.1) is 0 Å². The molecule has 2 atom stereocenters. The van der Waals surface area contributed by atoms with E-state index in [9.17, 15) is 0 Å². The number of hydrogen-bond donors (Lipinski definition) is 1. The van der Waals surface area contributed by atoms with Gasteiger partial charge in [-0.05, 0) is 30.9 Å². The van der Waals surface area contributed by atoms with Crippen LogP contribution in [0.2, 0.25) is 5.02 Å². The van der Waals surface area contributed by atoms with Crippen LogP contribution in [-0.4, -0.2) is 12.7 Å². The van der Waals surface area contributed by atoms with Crippen molar-refractivity contribution in [2.75, 3.05) is 6.61 Å². The first kappa shape index (κ1) is 10.9. The highest BCUT2D eigenvalue weighted by molar-refractivity contribution is 6.31. The molecule has 1 aliphatic heterocycles. The molecule has 82 valence electrons. The summed E-state index contributed by atoms with van der Waals surface area (Å²) in [4.78, 5) is 0. The van der Waals surface area contributed by atoms with Crippen molar-refractivity contribution >= 4 is 11.6 Å². The van der Waals surface area contributed by atoms with Crippen LogP contribution in [0.4, 0.5) is 0 Å². The first-order valence-corrected chi connectivity index (χ1v) is 5.77. The Morgan fingerprint density at radius 2 is 2.27 bits per heavy atom. The molecule has 2 rings (SSSR count). The number of rotatable bonds is 3. The molecule has 2 N–H and O–H groups in total. The van der Waals surface area contributed by atoms with Gasteiger partial charge in [0.2, 0.25) is 0 Å². The summed E-state index contributed by atoms with van der Waals surface area (Å²) in [5.74, 6) is 0. The fourth-order valence-corrected chi connectivity index (χ4v) is 2.29. The second kappa shape index (κ2) is 4.97. The van der Waals surface area contributed by atoms with Gasteiger partial charge in [0.15, 0.2) is 0 Å². The molecule has 1 aromatic rings. The van der Waals surface area contributed by atoms with Crippen molar-refractivity contribution in [3.8, 4) is 0 Å². The second-order valence-electron chi connectivity index (χ2n) is 4.00. The summed E-state index contributed by atoms with van der Waals surface area (Å²) in [7, 11) is 0. The van der Waals surface area contributed by atoms with E-state index in [1.165, 1.54) is 0 Å². The van der Waals surface area contributed by atoms with E-state index in [1.807, 2.05) is 24.3 Å². The van der Waals surface area contributed by atoms with Crippen LogP contribution in [0.3, 0.4) is 0 Å². The van der Waals surface area contributed by atoms with Crippen LogP contribution < -0.4 is 5.73 Å². The van der Waals surface area contributed by atoms with Crippen LogP contribution in [0.1, 0.15) is 30.9 Å². The lowest BCUT2D eigenvalue weighted by molar-refractivity contribution is 0.0983. The number of ether oxygens (including phenoxy) is 1. The van der Waals surface area contributed by atoms with Gasteiger partial charge in [0.05, 0.1) is 6.10 Å². The van der Waals surface area contributed by atoms with E-state index in [-0.39, 0.29) is 6.04 Å². The lowest BCUT2D eigenvalue weighted by Crippen LogP contribution is -2.18. The maximum atomic E-state index is 6.11. The van der Waals surface area contributed by atoms with E-state index in [0.717, 1.165) is 36.5 Å². The topological polar surface area (TPSA) is 35.2 Å². The predicted molar refractivity (Wildman–Crippen MR) is 62.0 cm³/mol. The minimum absolute atomic E-state index is 0.0122. The molecule has 15 heavy (non-hydrogen) atoms. The Labute approximate surface area is 95.4 Å². The Hall–Kier alpha value is -0.570. The summed E-state index contributed by atoms with van der Waals surface area (Å²) in [6.45, 7) is 0.875. The third-order valence-corrected chi connectivity index (χ3v) is 3.19. The van der Waals surface area contributed by atoms with Crippen molar-refractivity contribution in [3.05, 3.63) is 34.9 Å². The zero-order valence-corrected chi connectivity index (χ0v) is 9.41. The van der Waals surface area contributed by atoms with Crippen molar-refractivity contribution in [2.45, 2.75) is 31.4 Å². The van der Waals surface area contributed by atoms with E-state index in [2.05, 4.69) is 0 Å². The van der Waals surface area contributed by atoms with Gasteiger partial charge in [-0.1, -0.05) is 29.8 Å². The smallest absolute Gasteiger partial charge is 0.0594 e. The standard InChI is InChI=1S/C12H16ClNO/c13-11-6-2-1-5-10(11)12(14)8-9-4-3-7-15-9/h1-2,5-6,9,12H,3-4,7-8,14H2. The van der Waals surface area contributed by atoms with Crippen molar-refractivity contribution < 1.29 is 4.74 Å². The summed E-state index contributed by atoms with van der Waals surface area (Å²) in [6, 6.07) is 7.75. The highest BCUT2D eigenvalue weighted by atomic mass is 35.5. The highest BCUT2D eigenvalue weighted by Crippen LogP contribution is 2.27. The average molecular weight is 226 g/mol. The van der Waals surface area contributed by atoms with Gasteiger partial charge in [0.25, 0.3) is 0 Å². The van der Waals surface area contributed by atoms with Crippen LogP contribution in [0.25, 0.3) is 0 Å². The van der Waals surface area contributed by atoms with Gasteiger partial charge in [-0.2, -0.15) is 0 Å². The van der Waals surface area contributed by atoms with Crippen LogP contribution in [0.15, 0.2) is 24.3 Å². The Kier molecular flexibility index (Phi) is 3.62. The van der Waals surface area contributed by atoms with E-state index >= 15 is 0 Å². The van der Waals surface area contributed by atoms with E-state index in [4.69, 9.17) is 22.1 Å². The first-order valence-electron chi connectivity index (χ1n) is 5.39. The van der Waals surface area contributed by atoms with Gasteiger partial charge in [-0.3, -0.25) is 0 Å². The van der Waals surface area contributed by atoms with Crippen LogP contribution in [-0.2, 0) is 4.74 Å². The zero-order chi connectivity index (χ0) is 10.7. The van der Waals surface area contributed by atoms with Crippen LogP contribution in [0.5, 0.6) is 0 Å². The molecule has 0 aliphatic carbocycles. The molecule has 2 nitrogen and oxygen atoms in total. The quantitative estimate of drug-likeness (QED) is 0.859. The van der Waals surface area contributed by atoms with Crippen molar-refractivity contribution in [3.63, 3.8) is 0 Å². The molecular formula is C12H16ClNO. The molecule has 2 unspecified atom stereocenters. The molecule has 0 spiro atoms. The minimum atomic E-state index is -0.0122. The van der Waals surface area contributed by atoms with Gasteiger partial charge in [-0.15, -0.1) is 0 Å². The fourth-order valence-electron chi connectivity index (χ4n) is 2.02. The zero-order valence-electron chi connectivity index (χ0n) is 8.66. The van der Waals surface area contributed by atoms with Gasteiger partial charge in [0, 0.05) is 17.7 Å². The monoisotopic (exact) mass is 225 g/mol. The van der Waals surface area contributed by atoms with E-state index in [1.54, 1.807) is 0 Å². The van der Waals surface area contributed by atoms with E-state index < -0.39 is 0 Å². The second-order valence-corrected chi connectivity index (χ2v) is 4.41. The lowest BCUT2D eigenvalue weighted by Gasteiger charge is -2.17. The molecule has 0 aromatic heterocycles. The van der Waals surface area contributed by atoms with Crippen molar-refractivity contribution in [2.24, 2.45) is 5.73 Å². The fraction of sp³-hybridized carbons (Fsp3) is 0.500. The van der Waals surface area contributed by atoms with Crippen molar-refractivity contribution in [1.82, 2.24) is 0 Å². The highest BCUT2D eigenvalue weighted by Gasteiger charge is 2.20. The number of benzene rings is 1. The van der Waals surface area contributed by atoms with Gasteiger partial charge in [-0.25, -0.2) is 0 Å². The molecule has 1 fully saturated rings. The van der Waals surface area contributed by atoms with Gasteiger partial charge >= 0.3 is 0 Å². The molecule has 1 aliphatic rings. The molecule has 1 heterocycles. The maximum Gasteiger partial charge on any atom is 0.0594 e. The molecule has 0 radical (unpaired) electrons. The largest absolute Gasteiger partial charge is 0.378 e. The summed E-state index contributed by atoms with van der Waals surface area (Å²) in [5.41, 5.74) is 7.13. The Balaban J connectivity index is 2.00. The lowest BCUT2D eigenvalue weighted by atomic mass is 10.0. The minimum Gasteiger partial charge on any atom is -0.378 e. The molecular weight excluding hydrogens is 210 g/mol. The third kappa shape index (κ3) is 2.71. The summed E-state index contributed by atoms with van der Waals surface area (Å²) < 4.78 is 5.56. The summed E-state index contributed by atoms with van der Waals surface area (Å²) >= 11 is 6.08. The molecule has 1 aromatic carbocycles. The van der Waals surface area contributed by atoms with Crippen molar-refractivity contribution in [1.29, 1.82) is 0 Å². The number of nitrogens with two attached hydrogens (primary N) is 1. The third-order valence-electron chi connectivity index (χ3n) is 2.85. The predicted octanol–water partition coefficient (Wildman–Crippen LogP) is 2.91. The summed E-state index contributed by atoms with van der Waals surface area (Å²) in [6.07, 6.45) is 3.46. The SMILES string of the molecule is NC(CC1CCCO1)c1ccccc1Cl. The molecule has 0 bridgehead atoms. The maximum absolute atomic E-state index is 6.11. The molecule has 0 amide bonds. The van der Waals surface area contributed by atoms with Gasteiger partial charge < -0.3 is 10.5 Å². The first-order chi connectivity index (χ1) is 7.27. The number of halogens is 1. The Bertz CT molecular complexity index is 323. The van der Waals surface area contributed by atoms with Crippen LogP contribution >= 0.6 is 11.6 Å². The molecule has 1 saturated heterocycles. The average Bonchev–Trinajstić information content (AvgIpc) is 2.71. The Morgan fingerprint density at radius 3 is 2.93 bits per heavy atom. The number of hydrogen-bond acceptors (Lipinski definition) is 2.